The number of rotatable bonds is 7. The van der Waals surface area contributed by atoms with Gasteiger partial charge >= 0.3 is 12.0 Å². The summed E-state index contributed by atoms with van der Waals surface area (Å²) < 4.78 is 18.2. The molecule has 0 aliphatic heterocycles. The van der Waals surface area contributed by atoms with E-state index in [-0.39, 0.29) is 17.1 Å². The molecule has 0 fully saturated rings. The van der Waals surface area contributed by atoms with Gasteiger partial charge in [0.05, 0.1) is 17.5 Å². The molecule has 1 aromatic heterocycles. The molecule has 4 N–H and O–H groups in total. The van der Waals surface area contributed by atoms with Gasteiger partial charge in [0.25, 0.3) is 5.91 Å². The van der Waals surface area contributed by atoms with Gasteiger partial charge in [-0.25, -0.2) is 9.18 Å². The molecule has 0 aliphatic carbocycles. The van der Waals surface area contributed by atoms with Crippen LogP contribution in [0.5, 0.6) is 0 Å². The molecule has 0 saturated carbocycles. The van der Waals surface area contributed by atoms with E-state index in [1.54, 1.807) is 17.5 Å². The molecule has 2 aromatic rings. The van der Waals surface area contributed by atoms with E-state index in [4.69, 9.17) is 22.1 Å². The number of primary amides is 1. The number of hydrogen-bond donors (Lipinski definition) is 3. The summed E-state index contributed by atoms with van der Waals surface area (Å²) in [5.41, 5.74) is 5.40. The minimum Gasteiger partial charge on any atom is -0.452 e. The fourth-order valence-electron chi connectivity index (χ4n) is 2.17. The topological polar surface area (TPSA) is 111 Å². The van der Waals surface area contributed by atoms with Crippen molar-refractivity contribution in [3.63, 3.8) is 0 Å². The highest BCUT2D eigenvalue weighted by atomic mass is 35.5. The predicted octanol–water partition coefficient (Wildman–Crippen LogP) is 3.21. The first kappa shape index (κ1) is 20.7. The van der Waals surface area contributed by atoms with Gasteiger partial charge in [0.15, 0.2) is 6.10 Å². The summed E-state index contributed by atoms with van der Waals surface area (Å²) in [5, 5.41) is 6.59. The number of nitrogens with one attached hydrogen (secondary N) is 2. The van der Waals surface area contributed by atoms with E-state index in [0.717, 1.165) is 10.9 Å². The van der Waals surface area contributed by atoms with Crippen molar-refractivity contribution < 1.29 is 23.5 Å². The van der Waals surface area contributed by atoms with Gasteiger partial charge in [-0.3, -0.25) is 9.59 Å². The van der Waals surface area contributed by atoms with Crippen molar-refractivity contribution in [1.82, 2.24) is 5.32 Å². The minimum atomic E-state index is -1.11. The summed E-state index contributed by atoms with van der Waals surface area (Å²) in [6.07, 6.45) is -1.30. The quantitative estimate of drug-likeness (QED) is 0.605. The van der Waals surface area contributed by atoms with E-state index in [9.17, 15) is 18.8 Å². The lowest BCUT2D eigenvalue weighted by Crippen LogP contribution is -2.35. The molecule has 10 heteroatoms. The van der Waals surface area contributed by atoms with Gasteiger partial charge in [0.1, 0.15) is 5.82 Å². The van der Waals surface area contributed by atoms with Gasteiger partial charge in [-0.15, -0.1) is 11.3 Å². The molecule has 0 spiro atoms. The van der Waals surface area contributed by atoms with Crippen LogP contribution >= 0.6 is 22.9 Å². The molecule has 27 heavy (non-hydrogen) atoms. The smallest absolute Gasteiger partial charge is 0.312 e. The fourth-order valence-corrected chi connectivity index (χ4v) is 3.13. The van der Waals surface area contributed by atoms with Crippen LogP contribution in [0, 0.1) is 5.82 Å². The zero-order chi connectivity index (χ0) is 20.0. The highest BCUT2D eigenvalue weighted by Gasteiger charge is 2.23. The molecule has 2 atom stereocenters. The van der Waals surface area contributed by atoms with Crippen LogP contribution in [0.15, 0.2) is 35.7 Å². The second-order valence-corrected chi connectivity index (χ2v) is 6.92. The lowest BCUT2D eigenvalue weighted by molar-refractivity contribution is -0.153. The minimum absolute atomic E-state index is 0.145. The largest absolute Gasteiger partial charge is 0.452 e. The Balaban J connectivity index is 1.93. The Morgan fingerprint density at radius 1 is 1.33 bits per heavy atom. The van der Waals surface area contributed by atoms with Crippen LogP contribution < -0.4 is 16.4 Å². The zero-order valence-corrected chi connectivity index (χ0v) is 15.8. The molecule has 0 bridgehead atoms. The zero-order valence-electron chi connectivity index (χ0n) is 14.2. The van der Waals surface area contributed by atoms with Crippen LogP contribution in [0.25, 0.3) is 0 Å². The van der Waals surface area contributed by atoms with Crippen molar-refractivity contribution in [1.29, 1.82) is 0 Å². The van der Waals surface area contributed by atoms with Crippen molar-refractivity contribution in [3.05, 3.63) is 51.4 Å². The van der Waals surface area contributed by atoms with Crippen LogP contribution in [0.3, 0.4) is 0 Å². The number of esters is 1. The van der Waals surface area contributed by atoms with Crippen molar-refractivity contribution in [3.8, 4) is 0 Å². The van der Waals surface area contributed by atoms with Crippen molar-refractivity contribution >= 4 is 46.5 Å². The molecule has 0 radical (unpaired) electrons. The summed E-state index contributed by atoms with van der Waals surface area (Å²) in [6, 6.07) is 5.76. The van der Waals surface area contributed by atoms with Gasteiger partial charge < -0.3 is 21.1 Å². The molecule has 2 rings (SSSR count). The van der Waals surface area contributed by atoms with E-state index in [2.05, 4.69) is 10.6 Å². The van der Waals surface area contributed by atoms with Gasteiger partial charge in [-0.2, -0.15) is 0 Å². The van der Waals surface area contributed by atoms with Crippen LogP contribution in [0.2, 0.25) is 5.02 Å². The Kier molecular flexibility index (Phi) is 7.14. The van der Waals surface area contributed by atoms with Crippen LogP contribution in [0.1, 0.15) is 24.3 Å². The number of nitrogens with two attached hydrogens (primary N) is 1. The number of benzene rings is 1. The number of thiophene rings is 1. The third-order valence-corrected chi connectivity index (χ3v) is 4.71. The molecule has 1 heterocycles. The second kappa shape index (κ2) is 9.33. The Bertz CT molecular complexity index is 832. The highest BCUT2D eigenvalue weighted by molar-refractivity contribution is 7.10. The van der Waals surface area contributed by atoms with E-state index < -0.39 is 35.9 Å². The molecule has 144 valence electrons. The standard InChI is InChI=1S/C17H17ClFN3O4S/c1-9(16(24)21-10-4-5-12(19)11(18)7-10)26-15(23)8-13(22-17(20)25)14-3-2-6-27-14/h2-7,9,13H,8H2,1H3,(H,21,24)(H3,20,22,25)/t9-,13-/m0/s1. The normalized spacial score (nSPS) is 12.7. The molecule has 3 amide bonds. The van der Waals surface area contributed by atoms with Gasteiger partial charge in [-0.05, 0) is 36.6 Å². The molecule has 0 unspecified atom stereocenters. The van der Waals surface area contributed by atoms with Crippen LogP contribution in [0.4, 0.5) is 14.9 Å². The van der Waals surface area contributed by atoms with Gasteiger partial charge in [0, 0.05) is 10.6 Å². The molecule has 7 nitrogen and oxygen atoms in total. The Morgan fingerprint density at radius 3 is 2.67 bits per heavy atom. The number of amides is 3. The maximum atomic E-state index is 13.1. The first-order chi connectivity index (χ1) is 12.8. The van der Waals surface area contributed by atoms with E-state index >= 15 is 0 Å². The van der Waals surface area contributed by atoms with Gasteiger partial charge in [0.2, 0.25) is 0 Å². The van der Waals surface area contributed by atoms with Crippen molar-refractivity contribution in [2.75, 3.05) is 5.32 Å². The van der Waals surface area contributed by atoms with E-state index in [0.29, 0.717) is 0 Å². The number of carbonyl (C=O) groups excluding carboxylic acids is 3. The molecular formula is C17H17ClFN3O4S. The van der Waals surface area contributed by atoms with Gasteiger partial charge in [-0.1, -0.05) is 17.7 Å². The van der Waals surface area contributed by atoms with E-state index in [1.165, 1.54) is 30.4 Å². The average molecular weight is 414 g/mol. The number of urea groups is 1. The highest BCUT2D eigenvalue weighted by Crippen LogP contribution is 2.23. The van der Waals surface area contributed by atoms with Crippen molar-refractivity contribution in [2.24, 2.45) is 5.73 Å². The summed E-state index contributed by atoms with van der Waals surface area (Å²) in [6.45, 7) is 1.39. The number of ether oxygens (including phenoxy) is 1. The predicted molar refractivity (Wildman–Crippen MR) is 100.0 cm³/mol. The number of hydrogen-bond acceptors (Lipinski definition) is 5. The number of anilines is 1. The van der Waals surface area contributed by atoms with Crippen LogP contribution in [-0.2, 0) is 14.3 Å². The number of carbonyl (C=O) groups is 3. The molecule has 0 aliphatic rings. The lowest BCUT2D eigenvalue weighted by atomic mass is 10.1. The number of halogens is 2. The average Bonchev–Trinajstić information content (AvgIpc) is 3.11. The molecule has 0 saturated heterocycles. The maximum Gasteiger partial charge on any atom is 0.312 e. The summed E-state index contributed by atoms with van der Waals surface area (Å²) in [4.78, 5) is 36.1. The summed E-state index contributed by atoms with van der Waals surface area (Å²) >= 11 is 7.00. The fraction of sp³-hybridized carbons (Fsp3) is 0.235. The Labute approximate surface area is 163 Å². The maximum absolute atomic E-state index is 13.1. The SMILES string of the molecule is C[C@H](OC(=O)C[C@H](NC(N)=O)c1cccs1)C(=O)Nc1ccc(F)c(Cl)c1. The Morgan fingerprint density at radius 2 is 2.07 bits per heavy atom. The third-order valence-electron chi connectivity index (χ3n) is 3.44. The summed E-state index contributed by atoms with van der Waals surface area (Å²) in [7, 11) is 0. The van der Waals surface area contributed by atoms with E-state index in [1.807, 2.05) is 0 Å². The Hall–Kier alpha value is -2.65. The first-order valence-corrected chi connectivity index (χ1v) is 9.06. The summed E-state index contributed by atoms with van der Waals surface area (Å²) in [5.74, 6) is -1.92. The third kappa shape index (κ3) is 6.22. The lowest BCUT2D eigenvalue weighted by Gasteiger charge is -2.18. The monoisotopic (exact) mass is 413 g/mol. The molecular weight excluding hydrogens is 397 g/mol. The van der Waals surface area contributed by atoms with Crippen LogP contribution in [-0.4, -0.2) is 24.0 Å². The first-order valence-electron chi connectivity index (χ1n) is 7.81. The van der Waals surface area contributed by atoms with Crippen molar-refractivity contribution in [2.45, 2.75) is 25.5 Å². The second-order valence-electron chi connectivity index (χ2n) is 5.53. The molecule has 1 aromatic carbocycles.